The number of rotatable bonds is 1. The monoisotopic (exact) mass is 506 g/mol. The van der Waals surface area contributed by atoms with Gasteiger partial charge < -0.3 is 4.90 Å². The number of hydrogen-bond acceptors (Lipinski definition) is 3. The highest BCUT2D eigenvalue weighted by molar-refractivity contribution is 8.10. The first kappa shape index (κ1) is 22.8. The lowest BCUT2D eigenvalue weighted by molar-refractivity contribution is -0.257. The second-order valence-corrected chi connectivity index (χ2v) is 11.2. The van der Waals surface area contributed by atoms with Gasteiger partial charge in [-0.15, -0.1) is 11.8 Å². The quantitative estimate of drug-likeness (QED) is 0.383. The van der Waals surface area contributed by atoms with Crippen LogP contribution in [0.15, 0.2) is 65.4 Å². The summed E-state index contributed by atoms with van der Waals surface area (Å²) in [6, 6.07) is 10.3. The molecule has 0 amide bonds. The molecule has 2 aromatic rings. The molecule has 1 fully saturated rings. The van der Waals surface area contributed by atoms with Gasteiger partial charge in [-0.25, -0.2) is 4.98 Å². The number of nitrogens with zero attached hydrogens (tertiary/aromatic N) is 2. The number of likely N-dealkylation sites (N-methyl/N-ethyl adjacent to an activating group) is 1. The minimum absolute atomic E-state index is 0.169. The number of allylic oxidation sites excluding steroid dienone is 3. The van der Waals surface area contributed by atoms with Gasteiger partial charge in [0.15, 0.2) is 0 Å². The Kier molecular flexibility index (Phi) is 4.13. The SMILES string of the molecule is Cc1ccc(C2=CC3=C4C(=C5c6cccnc6N(C)C5(C)C3(C)S2)C(F)(F)C(F)(F)C4(F)F)cc1. The highest BCUT2D eigenvalue weighted by Gasteiger charge is 2.84. The third-order valence-corrected chi connectivity index (χ3v) is 9.68. The van der Waals surface area contributed by atoms with Crippen molar-refractivity contribution in [3.8, 4) is 0 Å². The Morgan fingerprint density at radius 1 is 0.857 bits per heavy atom. The molecule has 6 rings (SSSR count). The van der Waals surface area contributed by atoms with Gasteiger partial charge in [0, 0.05) is 34.9 Å². The van der Waals surface area contributed by atoms with Crippen molar-refractivity contribution in [1.82, 2.24) is 4.98 Å². The van der Waals surface area contributed by atoms with Gasteiger partial charge in [0.25, 0.3) is 0 Å². The number of pyridine rings is 1. The zero-order valence-corrected chi connectivity index (χ0v) is 20.0. The second-order valence-electron chi connectivity index (χ2n) is 9.78. The van der Waals surface area contributed by atoms with Crippen molar-refractivity contribution in [3.05, 3.63) is 82.1 Å². The first-order chi connectivity index (χ1) is 16.2. The van der Waals surface area contributed by atoms with Crippen LogP contribution in [0.25, 0.3) is 10.5 Å². The lowest BCUT2D eigenvalue weighted by atomic mass is 9.66. The Labute approximate surface area is 202 Å². The maximum Gasteiger partial charge on any atom is 0.380 e. The third kappa shape index (κ3) is 2.29. The van der Waals surface area contributed by atoms with E-state index in [2.05, 4.69) is 4.98 Å². The van der Waals surface area contributed by atoms with Crippen molar-refractivity contribution in [2.75, 3.05) is 11.9 Å². The van der Waals surface area contributed by atoms with Gasteiger partial charge in [-0.1, -0.05) is 29.8 Å². The molecule has 2 aliphatic carbocycles. The van der Waals surface area contributed by atoms with Gasteiger partial charge in [0.1, 0.15) is 5.82 Å². The van der Waals surface area contributed by atoms with Gasteiger partial charge in [0.2, 0.25) is 0 Å². The molecule has 2 atom stereocenters. The van der Waals surface area contributed by atoms with Crippen molar-refractivity contribution >= 4 is 28.1 Å². The smallest absolute Gasteiger partial charge is 0.348 e. The van der Waals surface area contributed by atoms with E-state index in [0.29, 0.717) is 10.5 Å². The largest absolute Gasteiger partial charge is 0.380 e. The van der Waals surface area contributed by atoms with Gasteiger partial charge in [-0.3, -0.25) is 0 Å². The Balaban J connectivity index is 1.75. The van der Waals surface area contributed by atoms with Gasteiger partial charge in [0.05, 0.1) is 10.3 Å². The first-order valence-corrected chi connectivity index (χ1v) is 11.8. The predicted molar refractivity (Wildman–Crippen MR) is 125 cm³/mol. The van der Waals surface area contributed by atoms with Crippen LogP contribution in [-0.2, 0) is 0 Å². The molecule has 1 aromatic heterocycles. The van der Waals surface area contributed by atoms with E-state index in [4.69, 9.17) is 0 Å². The summed E-state index contributed by atoms with van der Waals surface area (Å²) in [5, 5.41) is 0. The average Bonchev–Trinajstić information content (AvgIpc) is 3.30. The van der Waals surface area contributed by atoms with E-state index in [9.17, 15) is 8.78 Å². The lowest BCUT2D eigenvalue weighted by Gasteiger charge is -2.51. The fourth-order valence-electron chi connectivity index (χ4n) is 5.95. The summed E-state index contributed by atoms with van der Waals surface area (Å²) in [5.41, 5.74) is -2.44. The Hall–Kier alpha value is -2.68. The van der Waals surface area contributed by atoms with Gasteiger partial charge >= 0.3 is 17.8 Å². The molecule has 4 aliphatic rings. The minimum atomic E-state index is -5.58. The van der Waals surface area contributed by atoms with Crippen molar-refractivity contribution in [2.45, 2.75) is 48.8 Å². The van der Waals surface area contributed by atoms with Crippen LogP contribution in [0.5, 0.6) is 0 Å². The van der Waals surface area contributed by atoms with Crippen LogP contribution in [0, 0.1) is 6.92 Å². The number of thioether (sulfide) groups is 1. The van der Waals surface area contributed by atoms with E-state index in [0.717, 1.165) is 5.56 Å². The Bertz CT molecular complexity index is 1410. The molecule has 0 N–H and O–H groups in total. The number of anilines is 1. The Morgan fingerprint density at radius 2 is 1.49 bits per heavy atom. The molecular formula is C26H20F6N2S. The van der Waals surface area contributed by atoms with Crippen molar-refractivity contribution in [3.63, 3.8) is 0 Å². The molecule has 0 spiro atoms. The number of halogens is 6. The molecule has 9 heteroatoms. The molecule has 1 saturated carbocycles. The van der Waals surface area contributed by atoms with Crippen LogP contribution < -0.4 is 4.90 Å². The highest BCUT2D eigenvalue weighted by Crippen LogP contribution is 2.74. The van der Waals surface area contributed by atoms with E-state index < -0.39 is 39.2 Å². The van der Waals surface area contributed by atoms with Gasteiger partial charge in [-0.2, -0.15) is 26.3 Å². The van der Waals surface area contributed by atoms with Crippen LogP contribution in [0.2, 0.25) is 0 Å². The molecule has 0 saturated heterocycles. The molecule has 1 aromatic carbocycles. The molecule has 2 aliphatic heterocycles. The minimum Gasteiger partial charge on any atom is -0.348 e. The molecular weight excluding hydrogens is 486 g/mol. The van der Waals surface area contributed by atoms with Gasteiger partial charge in [-0.05, 0) is 55.7 Å². The maximum atomic E-state index is 15.4. The molecule has 3 heterocycles. The van der Waals surface area contributed by atoms with Crippen LogP contribution >= 0.6 is 11.8 Å². The standard InChI is InChI=1S/C26H20F6N2S/c1-13-7-9-14(10-8-13)17-12-16-19-20(25(29,30)26(31,32)24(19,27)28)18-15-6-5-11-33-21(15)34(4)22(18,2)23(16,3)35-17/h5-12H,1-4H3. The van der Waals surface area contributed by atoms with E-state index in [-0.39, 0.29) is 22.5 Å². The fraction of sp³-hybridized carbons (Fsp3) is 0.346. The highest BCUT2D eigenvalue weighted by atomic mass is 32.2. The summed E-state index contributed by atoms with van der Waals surface area (Å²) >= 11 is 1.23. The maximum absolute atomic E-state index is 15.4. The van der Waals surface area contributed by atoms with E-state index >= 15 is 17.6 Å². The number of aryl methyl sites for hydroxylation is 1. The summed E-state index contributed by atoms with van der Waals surface area (Å²) < 4.78 is 90.2. The summed E-state index contributed by atoms with van der Waals surface area (Å²) in [6.07, 6.45) is 2.86. The van der Waals surface area contributed by atoms with Crippen LogP contribution in [0.4, 0.5) is 32.2 Å². The molecule has 35 heavy (non-hydrogen) atoms. The van der Waals surface area contributed by atoms with Crippen LogP contribution in [-0.4, -0.2) is 40.1 Å². The number of aromatic nitrogens is 1. The van der Waals surface area contributed by atoms with Crippen molar-refractivity contribution in [1.29, 1.82) is 0 Å². The fourth-order valence-corrected chi connectivity index (χ4v) is 7.53. The summed E-state index contributed by atoms with van der Waals surface area (Å²) in [6.45, 7) is 5.22. The zero-order chi connectivity index (χ0) is 25.3. The van der Waals surface area contributed by atoms with E-state index in [1.807, 2.05) is 31.2 Å². The number of alkyl halides is 6. The summed E-state index contributed by atoms with van der Waals surface area (Å²) in [7, 11) is 1.64. The normalized spacial score (nSPS) is 31.3. The molecule has 182 valence electrons. The van der Waals surface area contributed by atoms with Crippen molar-refractivity contribution < 1.29 is 26.3 Å². The summed E-state index contributed by atoms with van der Waals surface area (Å²) in [4.78, 5) is 6.52. The molecule has 2 nitrogen and oxygen atoms in total. The van der Waals surface area contributed by atoms with E-state index in [1.165, 1.54) is 36.2 Å². The molecule has 0 bridgehead atoms. The number of hydrogen-bond donors (Lipinski definition) is 0. The number of benzene rings is 1. The topological polar surface area (TPSA) is 16.1 Å². The van der Waals surface area contributed by atoms with Crippen molar-refractivity contribution in [2.24, 2.45) is 0 Å². The zero-order valence-electron chi connectivity index (χ0n) is 19.2. The molecule has 2 unspecified atom stereocenters. The van der Waals surface area contributed by atoms with Crippen LogP contribution in [0.3, 0.4) is 0 Å². The number of fused-ring (bicyclic) bond motifs is 6. The third-order valence-electron chi connectivity index (χ3n) is 8.09. The first-order valence-electron chi connectivity index (χ1n) is 11.0. The Morgan fingerprint density at radius 3 is 2.14 bits per heavy atom. The summed E-state index contributed by atoms with van der Waals surface area (Å²) in [5.74, 6) is -15.4. The molecule has 0 radical (unpaired) electrons. The average molecular weight is 507 g/mol. The van der Waals surface area contributed by atoms with Crippen LogP contribution in [0.1, 0.15) is 30.5 Å². The predicted octanol–water partition coefficient (Wildman–Crippen LogP) is 7.13. The van der Waals surface area contributed by atoms with E-state index in [1.54, 1.807) is 25.8 Å². The second kappa shape index (κ2) is 6.35. The lowest BCUT2D eigenvalue weighted by Crippen LogP contribution is -2.59.